The maximum atomic E-state index is 5.93. The summed E-state index contributed by atoms with van der Waals surface area (Å²) in [4.78, 5) is 0. The Morgan fingerprint density at radius 1 is 1.33 bits per heavy atom. The van der Waals surface area contributed by atoms with Crippen molar-refractivity contribution in [1.82, 2.24) is 9.78 Å². The van der Waals surface area contributed by atoms with E-state index in [-0.39, 0.29) is 6.04 Å². The molecule has 1 aromatic carbocycles. The van der Waals surface area contributed by atoms with Gasteiger partial charge in [-0.15, -0.1) is 0 Å². The molecule has 0 spiro atoms. The fraction of sp³-hybridized carbons (Fsp3) is 0.250. The van der Waals surface area contributed by atoms with Crippen LogP contribution < -0.4 is 5.73 Å². The van der Waals surface area contributed by atoms with E-state index in [4.69, 9.17) is 5.73 Å². The highest BCUT2D eigenvalue weighted by Gasteiger charge is 2.06. The van der Waals surface area contributed by atoms with E-state index in [0.717, 1.165) is 17.7 Å². The number of rotatable bonds is 3. The molecule has 2 rings (SSSR count). The predicted octanol–water partition coefficient (Wildman–Crippen LogP) is 2.28. The quantitative estimate of drug-likeness (QED) is 0.828. The van der Waals surface area contributed by atoms with Gasteiger partial charge < -0.3 is 5.73 Å². The van der Waals surface area contributed by atoms with E-state index in [1.807, 2.05) is 47.4 Å². The van der Waals surface area contributed by atoms with Gasteiger partial charge in [-0.05, 0) is 18.6 Å². The standard InChI is InChI=1S/C12H15N3/c1-2-12(13)10-8-14-15(9-10)11-6-4-3-5-7-11/h3-9,12H,2,13H2,1H3/t12-/m0/s1. The van der Waals surface area contributed by atoms with Gasteiger partial charge in [0.25, 0.3) is 0 Å². The van der Waals surface area contributed by atoms with E-state index >= 15 is 0 Å². The van der Waals surface area contributed by atoms with Crippen LogP contribution in [-0.4, -0.2) is 9.78 Å². The molecule has 0 bridgehead atoms. The zero-order valence-corrected chi connectivity index (χ0v) is 8.80. The third-order valence-electron chi connectivity index (χ3n) is 2.49. The van der Waals surface area contributed by atoms with Crippen molar-refractivity contribution >= 4 is 0 Å². The van der Waals surface area contributed by atoms with Crippen LogP contribution in [0.5, 0.6) is 0 Å². The molecule has 1 aromatic heterocycles. The molecule has 1 heterocycles. The lowest BCUT2D eigenvalue weighted by Gasteiger charge is -2.04. The average Bonchev–Trinajstić information content (AvgIpc) is 2.78. The minimum Gasteiger partial charge on any atom is -0.324 e. The van der Waals surface area contributed by atoms with Crippen molar-refractivity contribution in [2.75, 3.05) is 0 Å². The van der Waals surface area contributed by atoms with Gasteiger partial charge in [-0.3, -0.25) is 0 Å². The third-order valence-corrected chi connectivity index (χ3v) is 2.49. The molecule has 3 heteroatoms. The second kappa shape index (κ2) is 4.28. The SMILES string of the molecule is CC[C@H](N)c1cnn(-c2ccccc2)c1. The Labute approximate surface area is 89.5 Å². The summed E-state index contributed by atoms with van der Waals surface area (Å²) in [7, 11) is 0. The van der Waals surface area contributed by atoms with Crippen LogP contribution in [0.1, 0.15) is 24.9 Å². The Morgan fingerprint density at radius 2 is 2.07 bits per heavy atom. The van der Waals surface area contributed by atoms with Gasteiger partial charge in [-0.2, -0.15) is 5.10 Å². The number of nitrogens with zero attached hydrogens (tertiary/aromatic N) is 2. The second-order valence-corrected chi connectivity index (χ2v) is 3.57. The molecule has 0 saturated carbocycles. The molecule has 2 N–H and O–H groups in total. The minimum atomic E-state index is 0.0856. The summed E-state index contributed by atoms with van der Waals surface area (Å²) in [6.45, 7) is 2.07. The summed E-state index contributed by atoms with van der Waals surface area (Å²) in [6.07, 6.45) is 4.76. The molecule has 15 heavy (non-hydrogen) atoms. The van der Waals surface area contributed by atoms with Crippen LogP contribution >= 0.6 is 0 Å². The summed E-state index contributed by atoms with van der Waals surface area (Å²) in [5.41, 5.74) is 8.08. The third kappa shape index (κ3) is 2.07. The van der Waals surface area contributed by atoms with E-state index in [9.17, 15) is 0 Å². The average molecular weight is 201 g/mol. The molecule has 0 radical (unpaired) electrons. The van der Waals surface area contributed by atoms with Gasteiger partial charge in [0.05, 0.1) is 11.9 Å². The Kier molecular flexibility index (Phi) is 2.83. The van der Waals surface area contributed by atoms with Gasteiger partial charge in [-0.1, -0.05) is 25.1 Å². The molecule has 0 unspecified atom stereocenters. The lowest BCUT2D eigenvalue weighted by Crippen LogP contribution is -2.07. The minimum absolute atomic E-state index is 0.0856. The van der Waals surface area contributed by atoms with Crippen molar-refractivity contribution in [3.63, 3.8) is 0 Å². The Hall–Kier alpha value is -1.61. The van der Waals surface area contributed by atoms with E-state index < -0.39 is 0 Å². The molecular weight excluding hydrogens is 186 g/mol. The van der Waals surface area contributed by atoms with Crippen molar-refractivity contribution in [2.45, 2.75) is 19.4 Å². The number of nitrogens with two attached hydrogens (primary N) is 1. The van der Waals surface area contributed by atoms with Crippen LogP contribution in [0.15, 0.2) is 42.7 Å². The summed E-state index contributed by atoms with van der Waals surface area (Å²) >= 11 is 0. The van der Waals surface area contributed by atoms with Gasteiger partial charge in [0, 0.05) is 17.8 Å². The monoisotopic (exact) mass is 201 g/mol. The van der Waals surface area contributed by atoms with Crippen molar-refractivity contribution in [2.24, 2.45) is 5.73 Å². The summed E-state index contributed by atoms with van der Waals surface area (Å²) in [5.74, 6) is 0. The molecule has 0 fully saturated rings. The highest BCUT2D eigenvalue weighted by atomic mass is 15.3. The number of benzene rings is 1. The topological polar surface area (TPSA) is 43.8 Å². The molecule has 3 nitrogen and oxygen atoms in total. The highest BCUT2D eigenvalue weighted by molar-refractivity contribution is 5.31. The molecule has 0 aliphatic carbocycles. The molecule has 1 atom stereocenters. The summed E-state index contributed by atoms with van der Waals surface area (Å²) in [5, 5.41) is 4.29. The first-order valence-electron chi connectivity index (χ1n) is 5.17. The predicted molar refractivity (Wildman–Crippen MR) is 60.8 cm³/mol. The first-order valence-corrected chi connectivity index (χ1v) is 5.17. The molecular formula is C12H15N3. The van der Waals surface area contributed by atoms with Crippen LogP contribution in [0.25, 0.3) is 5.69 Å². The smallest absolute Gasteiger partial charge is 0.0645 e. The van der Waals surface area contributed by atoms with Crippen LogP contribution in [0.2, 0.25) is 0 Å². The first kappa shape index (κ1) is 9.93. The maximum absolute atomic E-state index is 5.93. The van der Waals surface area contributed by atoms with Crippen LogP contribution in [0, 0.1) is 0 Å². The van der Waals surface area contributed by atoms with Gasteiger partial charge in [0.1, 0.15) is 0 Å². The van der Waals surface area contributed by atoms with Gasteiger partial charge in [-0.25, -0.2) is 4.68 Å². The van der Waals surface area contributed by atoms with E-state index in [0.29, 0.717) is 0 Å². The Morgan fingerprint density at radius 3 is 2.73 bits per heavy atom. The molecule has 0 amide bonds. The van der Waals surface area contributed by atoms with E-state index in [1.54, 1.807) is 0 Å². The molecule has 0 aliphatic rings. The lowest BCUT2D eigenvalue weighted by molar-refractivity contribution is 0.698. The van der Waals surface area contributed by atoms with Gasteiger partial charge >= 0.3 is 0 Å². The van der Waals surface area contributed by atoms with E-state index in [1.165, 1.54) is 0 Å². The zero-order chi connectivity index (χ0) is 10.7. The van der Waals surface area contributed by atoms with Crippen LogP contribution in [0.3, 0.4) is 0 Å². The fourth-order valence-corrected chi connectivity index (χ4v) is 1.49. The van der Waals surface area contributed by atoms with Crippen molar-refractivity contribution in [3.8, 4) is 5.69 Å². The number of aromatic nitrogens is 2. The summed E-state index contributed by atoms with van der Waals surface area (Å²) < 4.78 is 1.85. The number of para-hydroxylation sites is 1. The van der Waals surface area contributed by atoms with Gasteiger partial charge in [0.15, 0.2) is 0 Å². The summed E-state index contributed by atoms with van der Waals surface area (Å²) in [6, 6.07) is 10.1. The largest absolute Gasteiger partial charge is 0.324 e. The van der Waals surface area contributed by atoms with Gasteiger partial charge in [0.2, 0.25) is 0 Å². The molecule has 0 aliphatic heterocycles. The van der Waals surface area contributed by atoms with Crippen molar-refractivity contribution in [3.05, 3.63) is 48.3 Å². The van der Waals surface area contributed by atoms with Crippen molar-refractivity contribution < 1.29 is 0 Å². The van der Waals surface area contributed by atoms with Crippen LogP contribution in [0.4, 0.5) is 0 Å². The fourth-order valence-electron chi connectivity index (χ4n) is 1.49. The first-order chi connectivity index (χ1) is 7.31. The number of hydrogen-bond acceptors (Lipinski definition) is 2. The Bertz CT molecular complexity index is 419. The maximum Gasteiger partial charge on any atom is 0.0645 e. The molecule has 0 saturated heterocycles. The van der Waals surface area contributed by atoms with Crippen molar-refractivity contribution in [1.29, 1.82) is 0 Å². The molecule has 78 valence electrons. The Balaban J connectivity index is 2.28. The normalized spacial score (nSPS) is 12.7. The van der Waals surface area contributed by atoms with E-state index in [2.05, 4.69) is 12.0 Å². The lowest BCUT2D eigenvalue weighted by atomic mass is 10.1. The second-order valence-electron chi connectivity index (χ2n) is 3.57. The van der Waals surface area contributed by atoms with Crippen LogP contribution in [-0.2, 0) is 0 Å². The zero-order valence-electron chi connectivity index (χ0n) is 8.80. The highest BCUT2D eigenvalue weighted by Crippen LogP contribution is 2.14. The number of hydrogen-bond donors (Lipinski definition) is 1. The molecule has 2 aromatic rings.